The molecule has 0 spiro atoms. The van der Waals surface area contributed by atoms with Crippen molar-refractivity contribution in [2.24, 2.45) is 17.6 Å². The van der Waals surface area contributed by atoms with Crippen molar-refractivity contribution < 1.29 is 4.79 Å². The normalized spacial score (nSPS) is 20.0. The molecule has 3 aliphatic rings. The topological polar surface area (TPSA) is 116 Å². The van der Waals surface area contributed by atoms with Gasteiger partial charge in [0.05, 0.1) is 17.0 Å². The number of hydrogen-bond acceptors (Lipinski definition) is 9. The van der Waals surface area contributed by atoms with Crippen molar-refractivity contribution in [3.05, 3.63) is 48.5 Å². The molecular weight excluding hydrogens is 526 g/mol. The lowest BCUT2D eigenvalue weighted by Crippen LogP contribution is -2.42. The first kappa shape index (κ1) is 26.7. The number of carbonyl (C=O) groups excluding carboxylic acids is 1. The van der Waals surface area contributed by atoms with Crippen LogP contribution in [0.1, 0.15) is 38.5 Å². The molecule has 1 atom stereocenters. The number of anilines is 4. The van der Waals surface area contributed by atoms with Crippen molar-refractivity contribution in [2.75, 3.05) is 65.8 Å². The molecule has 1 amide bonds. The molecule has 2 aromatic carbocycles. The fourth-order valence-corrected chi connectivity index (χ4v) is 6.67. The molecule has 2 aromatic heterocycles. The highest BCUT2D eigenvalue weighted by molar-refractivity contribution is 5.91. The first-order chi connectivity index (χ1) is 20.6. The van der Waals surface area contributed by atoms with Gasteiger partial charge in [0.25, 0.3) is 0 Å². The van der Waals surface area contributed by atoms with Crippen LogP contribution in [0.15, 0.2) is 48.5 Å². The molecule has 0 bridgehead atoms. The Labute approximate surface area is 246 Å². The Morgan fingerprint density at radius 2 is 1.36 bits per heavy atom. The van der Waals surface area contributed by atoms with Gasteiger partial charge in [-0.3, -0.25) is 4.79 Å². The molecule has 218 valence electrons. The number of fused-ring (bicyclic) bond motifs is 2. The summed E-state index contributed by atoms with van der Waals surface area (Å²) >= 11 is 0. The summed E-state index contributed by atoms with van der Waals surface area (Å²) in [5, 5.41) is 5.79. The number of rotatable bonds is 7. The van der Waals surface area contributed by atoms with Crippen LogP contribution in [0.5, 0.6) is 0 Å². The summed E-state index contributed by atoms with van der Waals surface area (Å²) in [7, 11) is 0. The Morgan fingerprint density at radius 3 is 2.10 bits per heavy atom. The molecule has 5 heterocycles. The Hall–Kier alpha value is -4.21. The van der Waals surface area contributed by atoms with Crippen LogP contribution in [0.3, 0.4) is 0 Å². The third kappa shape index (κ3) is 5.37. The number of carbonyl (C=O) groups is 1. The summed E-state index contributed by atoms with van der Waals surface area (Å²) in [5.41, 5.74) is 7.61. The number of primary amides is 1. The van der Waals surface area contributed by atoms with Gasteiger partial charge in [0.2, 0.25) is 17.8 Å². The van der Waals surface area contributed by atoms with Crippen molar-refractivity contribution in [1.82, 2.24) is 19.9 Å². The van der Waals surface area contributed by atoms with E-state index in [0.29, 0.717) is 12.5 Å². The minimum Gasteiger partial charge on any atom is -0.369 e. The van der Waals surface area contributed by atoms with Gasteiger partial charge in [-0.1, -0.05) is 24.3 Å². The Bertz CT molecular complexity index is 1580. The molecule has 10 nitrogen and oxygen atoms in total. The Morgan fingerprint density at radius 1 is 0.738 bits per heavy atom. The SMILES string of the molecule is NC(=O)C1CCCN(c2nc(N3CCC(CNc4nc(N5CCCC5)nc5ccccc45)CC3)nc3ccccc23)C1. The maximum atomic E-state index is 12.0. The zero-order chi connectivity index (χ0) is 28.5. The highest BCUT2D eigenvalue weighted by atomic mass is 16.1. The second-order valence-corrected chi connectivity index (χ2v) is 11.9. The maximum Gasteiger partial charge on any atom is 0.227 e. The molecule has 3 saturated heterocycles. The van der Waals surface area contributed by atoms with Gasteiger partial charge in [0.1, 0.15) is 11.6 Å². The van der Waals surface area contributed by atoms with Gasteiger partial charge in [-0.15, -0.1) is 0 Å². The smallest absolute Gasteiger partial charge is 0.227 e. The van der Waals surface area contributed by atoms with Gasteiger partial charge in [-0.25, -0.2) is 9.97 Å². The lowest BCUT2D eigenvalue weighted by atomic mass is 9.96. The average Bonchev–Trinajstić information content (AvgIpc) is 3.59. The zero-order valence-electron chi connectivity index (χ0n) is 24.1. The van der Waals surface area contributed by atoms with Crippen molar-refractivity contribution in [3.8, 4) is 0 Å². The van der Waals surface area contributed by atoms with Crippen LogP contribution in [0.2, 0.25) is 0 Å². The third-order valence-corrected chi connectivity index (χ3v) is 9.13. The second-order valence-electron chi connectivity index (χ2n) is 11.9. The molecule has 0 radical (unpaired) electrons. The number of amides is 1. The van der Waals surface area contributed by atoms with E-state index in [9.17, 15) is 4.79 Å². The molecule has 7 rings (SSSR count). The van der Waals surface area contributed by atoms with E-state index in [-0.39, 0.29) is 11.8 Å². The van der Waals surface area contributed by atoms with Crippen LogP contribution >= 0.6 is 0 Å². The quantitative estimate of drug-likeness (QED) is 0.340. The number of nitrogens with zero attached hydrogens (tertiary/aromatic N) is 7. The number of hydrogen-bond donors (Lipinski definition) is 2. The summed E-state index contributed by atoms with van der Waals surface area (Å²) in [6, 6.07) is 16.5. The van der Waals surface area contributed by atoms with Crippen molar-refractivity contribution in [2.45, 2.75) is 38.5 Å². The molecule has 1 unspecified atom stereocenters. The minimum atomic E-state index is -0.226. The van der Waals surface area contributed by atoms with E-state index >= 15 is 0 Å². The van der Waals surface area contributed by atoms with E-state index < -0.39 is 0 Å². The van der Waals surface area contributed by atoms with E-state index in [1.165, 1.54) is 12.8 Å². The van der Waals surface area contributed by atoms with Crippen LogP contribution in [0.4, 0.5) is 23.5 Å². The lowest BCUT2D eigenvalue weighted by molar-refractivity contribution is -0.122. The summed E-state index contributed by atoms with van der Waals surface area (Å²) in [6.45, 7) is 6.21. The van der Waals surface area contributed by atoms with Gasteiger partial charge >= 0.3 is 0 Å². The van der Waals surface area contributed by atoms with Gasteiger partial charge in [0.15, 0.2) is 0 Å². The van der Waals surface area contributed by atoms with Crippen LogP contribution in [0, 0.1) is 11.8 Å². The minimum absolute atomic E-state index is 0.141. The van der Waals surface area contributed by atoms with E-state index in [2.05, 4.69) is 50.3 Å². The largest absolute Gasteiger partial charge is 0.369 e. The molecular formula is C32H39N9O. The first-order valence-electron chi connectivity index (χ1n) is 15.4. The predicted molar refractivity (Wildman–Crippen MR) is 168 cm³/mol. The molecule has 0 saturated carbocycles. The van der Waals surface area contributed by atoms with Crippen LogP contribution in [-0.2, 0) is 4.79 Å². The van der Waals surface area contributed by atoms with Crippen molar-refractivity contribution in [3.63, 3.8) is 0 Å². The summed E-state index contributed by atoms with van der Waals surface area (Å²) in [4.78, 5) is 38.7. The number of para-hydroxylation sites is 2. The zero-order valence-corrected chi connectivity index (χ0v) is 24.1. The standard InChI is InChI=1S/C32H39N9O/c33-28(42)23-8-7-17-41(21-23)30-25-10-2-4-12-27(25)36-32(38-30)40-18-13-22(14-19-40)20-34-29-24-9-1-3-11-26(24)35-31(37-29)39-15-5-6-16-39/h1-4,9-12,22-23H,5-8,13-21H2,(H2,33,42)(H,34,35,37). The van der Waals surface area contributed by atoms with E-state index in [1.807, 2.05) is 18.2 Å². The van der Waals surface area contributed by atoms with Crippen LogP contribution in [0.25, 0.3) is 21.8 Å². The first-order valence-corrected chi connectivity index (χ1v) is 15.4. The number of nitrogens with two attached hydrogens (primary N) is 1. The average molecular weight is 566 g/mol. The highest BCUT2D eigenvalue weighted by Crippen LogP contribution is 2.32. The van der Waals surface area contributed by atoms with E-state index in [1.54, 1.807) is 0 Å². The molecule has 42 heavy (non-hydrogen) atoms. The Kier molecular flexibility index (Phi) is 7.36. The van der Waals surface area contributed by atoms with Crippen LogP contribution in [-0.4, -0.2) is 71.7 Å². The van der Waals surface area contributed by atoms with Crippen LogP contribution < -0.4 is 25.8 Å². The molecule has 0 aliphatic carbocycles. The molecule has 3 aliphatic heterocycles. The third-order valence-electron chi connectivity index (χ3n) is 9.13. The molecule has 10 heteroatoms. The molecule has 4 aromatic rings. The lowest BCUT2D eigenvalue weighted by Gasteiger charge is -2.35. The van der Waals surface area contributed by atoms with E-state index in [4.69, 9.17) is 25.7 Å². The highest BCUT2D eigenvalue weighted by Gasteiger charge is 2.28. The van der Waals surface area contributed by atoms with Crippen molar-refractivity contribution in [1.29, 1.82) is 0 Å². The van der Waals surface area contributed by atoms with E-state index in [0.717, 1.165) is 110 Å². The number of benzene rings is 2. The van der Waals surface area contributed by atoms with Gasteiger partial charge < -0.3 is 25.8 Å². The summed E-state index contributed by atoms with van der Waals surface area (Å²) in [6.07, 6.45) is 6.27. The summed E-state index contributed by atoms with van der Waals surface area (Å²) < 4.78 is 0. The van der Waals surface area contributed by atoms with Gasteiger partial charge in [-0.2, -0.15) is 9.97 Å². The molecule has 3 N–H and O–H groups in total. The second kappa shape index (κ2) is 11.6. The molecule has 3 fully saturated rings. The number of piperidine rings is 2. The maximum absolute atomic E-state index is 12.0. The van der Waals surface area contributed by atoms with Crippen molar-refractivity contribution >= 4 is 51.2 Å². The fraction of sp³-hybridized carbons (Fsp3) is 0.469. The predicted octanol–water partition coefficient (Wildman–Crippen LogP) is 4.20. The van der Waals surface area contributed by atoms with Gasteiger partial charge in [0, 0.05) is 56.6 Å². The Balaban J connectivity index is 1.05. The van der Waals surface area contributed by atoms with Gasteiger partial charge in [-0.05, 0) is 68.7 Å². The fourth-order valence-electron chi connectivity index (χ4n) is 6.67. The summed E-state index contributed by atoms with van der Waals surface area (Å²) in [5.74, 6) is 3.62. The number of aromatic nitrogens is 4. The number of nitrogens with one attached hydrogen (secondary N) is 1. The monoisotopic (exact) mass is 565 g/mol.